The summed E-state index contributed by atoms with van der Waals surface area (Å²) < 4.78 is 27.2. The summed E-state index contributed by atoms with van der Waals surface area (Å²) in [5.41, 5.74) is 1.81. The number of rotatable bonds is 3. The van der Waals surface area contributed by atoms with Gasteiger partial charge in [0.15, 0.2) is 5.82 Å². The number of ether oxygens (including phenoxy) is 1. The number of carbonyl (C=O) groups excluding carboxylic acids is 1. The van der Waals surface area contributed by atoms with Gasteiger partial charge in [0.05, 0.1) is 36.6 Å². The highest BCUT2D eigenvalue weighted by atomic mass is 19.1. The lowest BCUT2D eigenvalue weighted by molar-refractivity contribution is -0.852. The van der Waals surface area contributed by atoms with E-state index in [4.69, 9.17) is 9.26 Å². The van der Waals surface area contributed by atoms with E-state index in [1.807, 2.05) is 6.07 Å². The molecule has 2 saturated heterocycles. The van der Waals surface area contributed by atoms with Crippen molar-refractivity contribution in [1.82, 2.24) is 20.0 Å². The molecule has 1 amide bonds. The van der Waals surface area contributed by atoms with E-state index in [0.29, 0.717) is 36.1 Å². The second-order valence-electron chi connectivity index (χ2n) is 12.2. The zero-order valence-corrected chi connectivity index (χ0v) is 22.8. The van der Waals surface area contributed by atoms with E-state index >= 15 is 4.39 Å². The molecule has 0 bridgehead atoms. The molecule has 5 heterocycles. The summed E-state index contributed by atoms with van der Waals surface area (Å²) in [5.74, 6) is 0.627. The zero-order valence-electron chi connectivity index (χ0n) is 22.8. The first-order valence-corrected chi connectivity index (χ1v) is 13.7. The first-order valence-electron chi connectivity index (χ1n) is 13.7. The first kappa shape index (κ1) is 25.9. The Labute approximate surface area is 227 Å². The number of nitrogens with zero attached hydrogens (tertiary/aromatic N) is 4. The lowest BCUT2D eigenvalue weighted by atomic mass is 9.78. The normalized spacial score (nSPS) is 26.6. The molecule has 2 N–H and O–H groups in total. The van der Waals surface area contributed by atoms with Gasteiger partial charge in [-0.2, -0.15) is 0 Å². The molecule has 206 valence electrons. The molecule has 0 radical (unpaired) electrons. The molecule has 2 aromatic heterocycles. The quantitative estimate of drug-likeness (QED) is 0.530. The number of halogens is 1. The molecule has 3 aliphatic heterocycles. The summed E-state index contributed by atoms with van der Waals surface area (Å²) in [4.78, 5) is 24.6. The number of hydrogen-bond donors (Lipinski definition) is 2. The van der Waals surface area contributed by atoms with Crippen LogP contribution in [0, 0.1) is 5.82 Å². The molecular formula is C29H35FN5O4+. The standard InChI is InChI=1S/C29H34FN5O4/c1-17-21-14-23(18-5-6-20(22(30)13-18)25(37)35-10-7-19(36)16-35)31-15-24(21)38-29(17)8-11-34(12-9-29)27-32-26(33-39-27)28(2,3)4/h5-6,13-15,17,19,36H,7-12,16H2,1-4H3/p+1/t17?,19-/m0/s1. The SMILES string of the molecule is CC1c2cc(-c3ccc(C(=O)N4CC[C@H](O)C4)c(F)c3)ncc2OC12CC[NH+](c1nc(C(C)(C)C)no1)CC2. The van der Waals surface area contributed by atoms with Crippen molar-refractivity contribution in [2.75, 3.05) is 26.2 Å². The predicted octanol–water partition coefficient (Wildman–Crippen LogP) is 3.02. The third-order valence-electron chi connectivity index (χ3n) is 8.51. The number of nitrogens with one attached hydrogen (secondary N) is 1. The van der Waals surface area contributed by atoms with Crippen molar-refractivity contribution in [2.24, 2.45) is 0 Å². The summed E-state index contributed by atoms with van der Waals surface area (Å²) in [6, 6.07) is 7.21. The van der Waals surface area contributed by atoms with Crippen LogP contribution in [0.15, 0.2) is 35.0 Å². The minimum Gasteiger partial charge on any atom is -0.484 e. The Morgan fingerprint density at radius 2 is 2.00 bits per heavy atom. The fourth-order valence-electron chi connectivity index (χ4n) is 5.97. The number of piperidine rings is 1. The lowest BCUT2D eigenvalue weighted by Gasteiger charge is -2.37. The van der Waals surface area contributed by atoms with E-state index in [2.05, 4.69) is 42.8 Å². The molecule has 0 saturated carbocycles. The van der Waals surface area contributed by atoms with Crippen LogP contribution in [-0.4, -0.2) is 68.9 Å². The average molecular weight is 537 g/mol. The summed E-state index contributed by atoms with van der Waals surface area (Å²) in [6.07, 6.45) is 3.36. The maximum Gasteiger partial charge on any atom is 0.425 e. The van der Waals surface area contributed by atoms with Gasteiger partial charge in [-0.25, -0.2) is 4.39 Å². The molecule has 3 aromatic rings. The van der Waals surface area contributed by atoms with Crippen LogP contribution < -0.4 is 9.64 Å². The van der Waals surface area contributed by atoms with Gasteiger partial charge in [-0.05, 0) is 24.6 Å². The Morgan fingerprint density at radius 3 is 2.64 bits per heavy atom. The molecule has 1 unspecified atom stereocenters. The summed E-state index contributed by atoms with van der Waals surface area (Å²) in [7, 11) is 0. The summed E-state index contributed by atoms with van der Waals surface area (Å²) in [6.45, 7) is 10.7. The van der Waals surface area contributed by atoms with Crippen molar-refractivity contribution in [3.05, 3.63) is 53.2 Å². The van der Waals surface area contributed by atoms with Crippen molar-refractivity contribution in [3.63, 3.8) is 0 Å². The van der Waals surface area contributed by atoms with Gasteiger partial charge in [0.1, 0.15) is 17.2 Å². The van der Waals surface area contributed by atoms with Gasteiger partial charge < -0.3 is 14.7 Å². The van der Waals surface area contributed by atoms with Crippen LogP contribution in [0.1, 0.15) is 74.6 Å². The maximum absolute atomic E-state index is 15.0. The van der Waals surface area contributed by atoms with Gasteiger partial charge >= 0.3 is 6.01 Å². The second kappa shape index (κ2) is 9.38. The van der Waals surface area contributed by atoms with Gasteiger partial charge in [-0.3, -0.25) is 19.2 Å². The molecule has 0 aliphatic carbocycles. The number of aromatic nitrogens is 3. The number of β-amino-alcohol motifs (C(OH)–C–C–N with tert-alkyl or cyclic N) is 1. The van der Waals surface area contributed by atoms with Gasteiger partial charge in [0.25, 0.3) is 5.91 Å². The van der Waals surface area contributed by atoms with E-state index in [9.17, 15) is 9.90 Å². The number of fused-ring (bicyclic) bond motifs is 1. The van der Waals surface area contributed by atoms with Crippen LogP contribution in [0.25, 0.3) is 11.3 Å². The Kier molecular flexibility index (Phi) is 6.22. The summed E-state index contributed by atoms with van der Waals surface area (Å²) in [5, 5.41) is 13.9. The number of aliphatic hydroxyl groups excluding tert-OH is 1. The fourth-order valence-corrected chi connectivity index (χ4v) is 5.97. The van der Waals surface area contributed by atoms with E-state index in [1.54, 1.807) is 12.3 Å². The largest absolute Gasteiger partial charge is 0.484 e. The number of carbonyl (C=O) groups is 1. The lowest BCUT2D eigenvalue weighted by Crippen LogP contribution is -3.09. The van der Waals surface area contributed by atoms with Crippen molar-refractivity contribution < 1.29 is 28.5 Å². The highest BCUT2D eigenvalue weighted by Gasteiger charge is 2.50. The highest BCUT2D eigenvalue weighted by molar-refractivity contribution is 5.95. The van der Waals surface area contributed by atoms with E-state index < -0.39 is 17.8 Å². The fraction of sp³-hybridized carbons (Fsp3) is 0.517. The van der Waals surface area contributed by atoms with Crippen LogP contribution in [0.5, 0.6) is 5.75 Å². The number of amides is 1. The molecule has 1 spiro atoms. The van der Waals surface area contributed by atoms with Gasteiger partial charge in [-0.1, -0.05) is 38.9 Å². The Bertz CT molecular complexity index is 1410. The van der Waals surface area contributed by atoms with Crippen LogP contribution in [0.2, 0.25) is 0 Å². The number of pyridine rings is 1. The number of likely N-dealkylation sites (tertiary alicyclic amines) is 1. The Hall–Kier alpha value is -3.37. The molecule has 6 rings (SSSR count). The van der Waals surface area contributed by atoms with Crippen LogP contribution in [0.4, 0.5) is 10.4 Å². The molecule has 2 atom stereocenters. The third kappa shape index (κ3) is 4.59. The van der Waals surface area contributed by atoms with E-state index in [0.717, 1.165) is 37.2 Å². The summed E-state index contributed by atoms with van der Waals surface area (Å²) >= 11 is 0. The van der Waals surface area contributed by atoms with Crippen molar-refractivity contribution in [2.45, 2.75) is 70.0 Å². The first-order chi connectivity index (χ1) is 18.5. The third-order valence-corrected chi connectivity index (χ3v) is 8.51. The van der Waals surface area contributed by atoms with Gasteiger partial charge in [-0.15, -0.1) is 4.98 Å². The molecule has 1 aromatic carbocycles. The van der Waals surface area contributed by atoms with Crippen molar-refractivity contribution in [1.29, 1.82) is 0 Å². The Balaban J connectivity index is 1.17. The van der Waals surface area contributed by atoms with E-state index in [1.165, 1.54) is 21.9 Å². The molecule has 10 heteroatoms. The number of benzene rings is 1. The number of quaternary nitrogens is 1. The van der Waals surface area contributed by atoms with Crippen molar-refractivity contribution in [3.8, 4) is 17.0 Å². The minimum absolute atomic E-state index is 0.00907. The molecule has 39 heavy (non-hydrogen) atoms. The van der Waals surface area contributed by atoms with Crippen LogP contribution in [0.3, 0.4) is 0 Å². The van der Waals surface area contributed by atoms with E-state index in [-0.39, 0.29) is 29.0 Å². The van der Waals surface area contributed by atoms with Gasteiger partial charge in [0.2, 0.25) is 0 Å². The molecule has 2 fully saturated rings. The minimum atomic E-state index is -0.590. The molecular weight excluding hydrogens is 501 g/mol. The predicted molar refractivity (Wildman–Crippen MR) is 141 cm³/mol. The monoisotopic (exact) mass is 536 g/mol. The topological polar surface area (TPSA) is 106 Å². The zero-order chi connectivity index (χ0) is 27.5. The second-order valence-corrected chi connectivity index (χ2v) is 12.2. The van der Waals surface area contributed by atoms with Crippen LogP contribution in [-0.2, 0) is 5.41 Å². The highest BCUT2D eigenvalue weighted by Crippen LogP contribution is 2.49. The van der Waals surface area contributed by atoms with Crippen molar-refractivity contribution >= 4 is 11.9 Å². The smallest absolute Gasteiger partial charge is 0.425 e. The maximum atomic E-state index is 15.0. The number of aliphatic hydroxyl groups is 1. The average Bonchev–Trinajstić information content (AvgIpc) is 3.63. The molecule has 3 aliphatic rings. The van der Waals surface area contributed by atoms with Gasteiger partial charge in [0, 0.05) is 48.4 Å². The van der Waals surface area contributed by atoms with Crippen LogP contribution >= 0.6 is 0 Å². The molecule has 9 nitrogen and oxygen atoms in total. The number of hydrogen-bond acceptors (Lipinski definition) is 7. The Morgan fingerprint density at radius 1 is 1.23 bits per heavy atom.